The van der Waals surface area contributed by atoms with Crippen LogP contribution in [0.3, 0.4) is 0 Å². The van der Waals surface area contributed by atoms with Gasteiger partial charge in [-0.1, -0.05) is 18.2 Å². The summed E-state index contributed by atoms with van der Waals surface area (Å²) in [5.74, 6) is -1.05. The summed E-state index contributed by atoms with van der Waals surface area (Å²) >= 11 is 1.23. The zero-order valence-corrected chi connectivity index (χ0v) is 18.8. The molecule has 11 heteroatoms. The molecule has 0 aliphatic carbocycles. The molecule has 0 aliphatic rings. The van der Waals surface area contributed by atoms with Crippen LogP contribution < -0.4 is 10.6 Å². The van der Waals surface area contributed by atoms with Crippen molar-refractivity contribution in [1.29, 1.82) is 5.26 Å². The highest BCUT2D eigenvalue weighted by Crippen LogP contribution is 2.25. The van der Waals surface area contributed by atoms with Crippen LogP contribution in [0.25, 0.3) is 11.3 Å². The van der Waals surface area contributed by atoms with E-state index in [1.54, 1.807) is 29.6 Å². The Morgan fingerprint density at radius 3 is 2.53 bits per heavy atom. The molecule has 1 heterocycles. The lowest BCUT2D eigenvalue weighted by Crippen LogP contribution is -2.33. The van der Waals surface area contributed by atoms with Gasteiger partial charge in [-0.3, -0.25) is 9.59 Å². The van der Waals surface area contributed by atoms with Gasteiger partial charge in [-0.25, -0.2) is 17.7 Å². The fourth-order valence-electron chi connectivity index (χ4n) is 2.61. The molecular formula is C21H19N5O4S2. The molecule has 0 unspecified atom stereocenters. The van der Waals surface area contributed by atoms with E-state index in [2.05, 4.69) is 15.6 Å². The van der Waals surface area contributed by atoms with Gasteiger partial charge in [0.15, 0.2) is 5.13 Å². The molecule has 2 N–H and O–H groups in total. The highest BCUT2D eigenvalue weighted by molar-refractivity contribution is 7.89. The van der Waals surface area contributed by atoms with E-state index in [9.17, 15) is 18.0 Å². The van der Waals surface area contributed by atoms with Gasteiger partial charge in [0.1, 0.15) is 0 Å². The molecule has 164 valence electrons. The predicted octanol–water partition coefficient (Wildman–Crippen LogP) is 2.30. The number of benzene rings is 2. The molecule has 0 fully saturated rings. The van der Waals surface area contributed by atoms with Gasteiger partial charge in [0.05, 0.1) is 28.8 Å². The van der Waals surface area contributed by atoms with Crippen LogP contribution in [0.5, 0.6) is 0 Å². The van der Waals surface area contributed by atoms with Gasteiger partial charge < -0.3 is 10.6 Å². The van der Waals surface area contributed by atoms with Crippen molar-refractivity contribution in [3.63, 3.8) is 0 Å². The first-order valence-corrected chi connectivity index (χ1v) is 11.6. The molecule has 2 aromatic carbocycles. The maximum absolute atomic E-state index is 12.4. The number of nitrogens with one attached hydrogen (secondary N) is 2. The van der Waals surface area contributed by atoms with Crippen molar-refractivity contribution < 1.29 is 18.0 Å². The zero-order valence-electron chi connectivity index (χ0n) is 17.2. The van der Waals surface area contributed by atoms with Gasteiger partial charge in [0, 0.05) is 30.6 Å². The van der Waals surface area contributed by atoms with Gasteiger partial charge in [-0.05, 0) is 30.3 Å². The first-order chi connectivity index (χ1) is 15.2. The number of hydrogen-bond acceptors (Lipinski definition) is 7. The maximum atomic E-state index is 12.4. The van der Waals surface area contributed by atoms with Crippen LogP contribution >= 0.6 is 11.3 Å². The normalized spacial score (nSPS) is 11.1. The van der Waals surface area contributed by atoms with Crippen molar-refractivity contribution in [3.05, 3.63) is 65.0 Å². The van der Waals surface area contributed by atoms with Crippen molar-refractivity contribution >= 4 is 38.3 Å². The Morgan fingerprint density at radius 1 is 1.16 bits per heavy atom. The minimum Gasteiger partial charge on any atom is -0.343 e. The summed E-state index contributed by atoms with van der Waals surface area (Å²) in [6.07, 6.45) is 0. The molecule has 0 saturated heterocycles. The van der Waals surface area contributed by atoms with E-state index in [1.165, 1.54) is 49.7 Å². The van der Waals surface area contributed by atoms with E-state index in [1.807, 2.05) is 6.07 Å². The van der Waals surface area contributed by atoms with Crippen LogP contribution in [0.4, 0.5) is 5.13 Å². The van der Waals surface area contributed by atoms with Crippen molar-refractivity contribution in [3.8, 4) is 17.3 Å². The molecule has 0 radical (unpaired) electrons. The zero-order chi connectivity index (χ0) is 23.3. The number of carbonyl (C=O) groups is 2. The Labute approximate surface area is 189 Å². The van der Waals surface area contributed by atoms with Crippen molar-refractivity contribution in [2.45, 2.75) is 4.90 Å². The number of aromatic nitrogens is 1. The quantitative estimate of drug-likeness (QED) is 0.546. The van der Waals surface area contributed by atoms with Gasteiger partial charge >= 0.3 is 0 Å². The lowest BCUT2D eigenvalue weighted by Gasteiger charge is -2.12. The fraction of sp³-hybridized carbons (Fsp3) is 0.143. The lowest BCUT2D eigenvalue weighted by atomic mass is 10.1. The first-order valence-electron chi connectivity index (χ1n) is 9.27. The van der Waals surface area contributed by atoms with Crippen LogP contribution in [0.15, 0.2) is 58.8 Å². The molecule has 0 aliphatic heterocycles. The third kappa shape index (κ3) is 5.36. The molecule has 0 saturated carbocycles. The second-order valence-corrected chi connectivity index (χ2v) is 9.78. The monoisotopic (exact) mass is 469 g/mol. The third-order valence-electron chi connectivity index (χ3n) is 4.34. The molecule has 9 nitrogen and oxygen atoms in total. The number of nitriles is 1. The summed E-state index contributed by atoms with van der Waals surface area (Å²) in [6.45, 7) is -0.310. The highest BCUT2D eigenvalue weighted by atomic mass is 32.2. The second-order valence-electron chi connectivity index (χ2n) is 6.77. The topological polar surface area (TPSA) is 132 Å². The fourth-order valence-corrected chi connectivity index (χ4v) is 4.30. The molecule has 2 amide bonds. The highest BCUT2D eigenvalue weighted by Gasteiger charge is 2.19. The molecular weight excluding hydrogens is 450 g/mol. The van der Waals surface area contributed by atoms with Crippen LogP contribution in [-0.2, 0) is 14.8 Å². The van der Waals surface area contributed by atoms with E-state index < -0.39 is 21.8 Å². The average molecular weight is 470 g/mol. The van der Waals surface area contributed by atoms with E-state index in [0.29, 0.717) is 16.4 Å². The molecule has 0 bridgehead atoms. The van der Waals surface area contributed by atoms with Crippen LogP contribution in [-0.4, -0.2) is 50.2 Å². The summed E-state index contributed by atoms with van der Waals surface area (Å²) in [7, 11) is -0.877. The summed E-state index contributed by atoms with van der Waals surface area (Å²) in [4.78, 5) is 28.9. The molecule has 3 aromatic rings. The van der Waals surface area contributed by atoms with Gasteiger partial charge in [-0.15, -0.1) is 11.3 Å². The largest absolute Gasteiger partial charge is 0.343 e. The van der Waals surface area contributed by atoms with Crippen LogP contribution in [0, 0.1) is 11.3 Å². The van der Waals surface area contributed by atoms with Gasteiger partial charge in [0.2, 0.25) is 15.9 Å². The molecule has 0 spiro atoms. The third-order valence-corrected chi connectivity index (χ3v) is 6.91. The van der Waals surface area contributed by atoms with Crippen molar-refractivity contribution in [2.24, 2.45) is 0 Å². The Balaban J connectivity index is 1.59. The van der Waals surface area contributed by atoms with Crippen molar-refractivity contribution in [1.82, 2.24) is 14.6 Å². The second kappa shape index (κ2) is 9.69. The van der Waals surface area contributed by atoms with Gasteiger partial charge in [0.25, 0.3) is 5.91 Å². The Bertz CT molecular complexity index is 1290. The summed E-state index contributed by atoms with van der Waals surface area (Å²) in [5, 5.41) is 16.1. The summed E-state index contributed by atoms with van der Waals surface area (Å²) in [5.41, 5.74) is 2.12. The smallest absolute Gasteiger partial charge is 0.251 e. The number of anilines is 1. The van der Waals surface area contributed by atoms with Crippen LogP contribution in [0.1, 0.15) is 15.9 Å². The van der Waals surface area contributed by atoms with E-state index in [-0.39, 0.29) is 17.0 Å². The summed E-state index contributed by atoms with van der Waals surface area (Å²) in [6, 6.07) is 14.5. The molecule has 1 aromatic heterocycles. The SMILES string of the molecule is CN(C)S(=O)(=O)c1cccc(C(=O)NCC(=O)Nc2nc(-c3ccc(C#N)cc3)cs2)c1. The average Bonchev–Trinajstić information content (AvgIpc) is 3.25. The Kier molecular flexibility index (Phi) is 6.99. The summed E-state index contributed by atoms with van der Waals surface area (Å²) < 4.78 is 25.5. The number of sulfonamides is 1. The molecule has 32 heavy (non-hydrogen) atoms. The maximum Gasteiger partial charge on any atom is 0.251 e. The van der Waals surface area contributed by atoms with E-state index in [4.69, 9.17) is 5.26 Å². The number of rotatable bonds is 7. The standard InChI is InChI=1S/C21H19N5O4S2/c1-26(2)32(29,30)17-5-3-4-16(10-17)20(28)23-12-19(27)25-21-24-18(13-31-21)15-8-6-14(11-22)7-9-15/h3-10,13H,12H2,1-2H3,(H,23,28)(H,24,25,27). The predicted molar refractivity (Wildman–Crippen MR) is 121 cm³/mol. The van der Waals surface area contributed by atoms with Gasteiger partial charge in [-0.2, -0.15) is 5.26 Å². The van der Waals surface area contributed by atoms with Crippen LogP contribution in [0.2, 0.25) is 0 Å². The first kappa shape index (κ1) is 23.1. The number of amides is 2. The van der Waals surface area contributed by atoms with E-state index >= 15 is 0 Å². The minimum atomic E-state index is -3.68. The number of hydrogen-bond donors (Lipinski definition) is 2. The lowest BCUT2D eigenvalue weighted by molar-refractivity contribution is -0.115. The number of nitrogens with zero attached hydrogens (tertiary/aromatic N) is 3. The van der Waals surface area contributed by atoms with Crippen molar-refractivity contribution in [2.75, 3.05) is 26.0 Å². The Morgan fingerprint density at radius 2 is 1.88 bits per heavy atom. The number of thiazole rings is 1. The molecule has 0 atom stereocenters. The Hall–Kier alpha value is -3.59. The number of carbonyl (C=O) groups excluding carboxylic acids is 2. The van der Waals surface area contributed by atoms with E-state index in [0.717, 1.165) is 9.87 Å². The molecule has 3 rings (SSSR count). The minimum absolute atomic E-state index is 0.0160.